The number of benzene rings is 5. The summed E-state index contributed by atoms with van der Waals surface area (Å²) >= 11 is 0. The fourth-order valence-electron chi connectivity index (χ4n) is 6.58. The molecule has 0 saturated carbocycles. The fraction of sp³-hybridized carbons (Fsp3) is 0.279. The van der Waals surface area contributed by atoms with Crippen molar-refractivity contribution in [2.75, 3.05) is 27.1 Å². The first-order chi connectivity index (χ1) is 26.2. The summed E-state index contributed by atoms with van der Waals surface area (Å²) in [7, 11) is -0.918. The zero-order chi connectivity index (χ0) is 37.9. The van der Waals surface area contributed by atoms with Gasteiger partial charge in [0.15, 0.2) is 6.10 Å². The predicted octanol–water partition coefficient (Wildman–Crippen LogP) is 6.74. The van der Waals surface area contributed by atoms with E-state index in [2.05, 4.69) is 0 Å². The maximum atomic E-state index is 14.4. The lowest BCUT2D eigenvalue weighted by Gasteiger charge is -2.53. The first kappa shape index (κ1) is 38.7. The van der Waals surface area contributed by atoms with E-state index in [1.807, 2.05) is 140 Å². The Morgan fingerprint density at radius 3 is 1.50 bits per heavy atom. The van der Waals surface area contributed by atoms with Crippen molar-refractivity contribution in [2.24, 2.45) is 0 Å². The van der Waals surface area contributed by atoms with Gasteiger partial charge < -0.3 is 28.6 Å². The molecule has 0 aromatic heterocycles. The van der Waals surface area contributed by atoms with Gasteiger partial charge in [-0.05, 0) is 52.1 Å². The lowest BCUT2D eigenvalue weighted by Crippen LogP contribution is -2.73. The van der Waals surface area contributed by atoms with Crippen LogP contribution in [0.3, 0.4) is 0 Å². The van der Waals surface area contributed by atoms with Crippen molar-refractivity contribution in [3.63, 3.8) is 0 Å². The average molecular weight is 752 g/mol. The molecule has 0 spiro atoms. The van der Waals surface area contributed by atoms with E-state index < -0.39 is 46.4 Å². The van der Waals surface area contributed by atoms with Crippen molar-refractivity contribution in [2.45, 2.75) is 50.2 Å². The predicted molar refractivity (Wildman–Crippen MR) is 204 cm³/mol. The lowest BCUT2D eigenvalue weighted by molar-refractivity contribution is -0.201. The third-order valence-electron chi connectivity index (χ3n) is 9.24. The van der Waals surface area contributed by atoms with Crippen LogP contribution < -0.4 is 9.47 Å². The third-order valence-corrected chi connectivity index (χ3v) is 9.79. The Kier molecular flexibility index (Phi) is 13.1. The minimum absolute atomic E-state index is 0.0705. The Hall–Kier alpha value is -5.04. The second-order valence-corrected chi connectivity index (χ2v) is 14.6. The molecule has 1 saturated heterocycles. The van der Waals surface area contributed by atoms with Gasteiger partial charge in [0.05, 0.1) is 59.0 Å². The van der Waals surface area contributed by atoms with E-state index in [0.29, 0.717) is 18.1 Å². The highest BCUT2D eigenvalue weighted by molar-refractivity contribution is 7.86. The van der Waals surface area contributed by atoms with Crippen LogP contribution in [-0.2, 0) is 53.1 Å². The number of amides is 1. The van der Waals surface area contributed by atoms with Crippen molar-refractivity contribution >= 4 is 16.0 Å². The van der Waals surface area contributed by atoms with Crippen molar-refractivity contribution in [3.05, 3.63) is 167 Å². The van der Waals surface area contributed by atoms with Gasteiger partial charge >= 0.3 is 0 Å². The van der Waals surface area contributed by atoms with E-state index >= 15 is 0 Å². The van der Waals surface area contributed by atoms with Gasteiger partial charge in [-0.2, -0.15) is 8.42 Å². The number of methoxy groups -OCH3 is 2. The van der Waals surface area contributed by atoms with Crippen LogP contribution in [-0.4, -0.2) is 70.7 Å². The number of carbonyl (C=O) groups is 1. The largest absolute Gasteiger partial charge is 0.497 e. The van der Waals surface area contributed by atoms with E-state index in [9.17, 15) is 13.2 Å². The third kappa shape index (κ3) is 9.93. The van der Waals surface area contributed by atoms with Crippen LogP contribution in [0.1, 0.15) is 33.9 Å². The maximum Gasteiger partial charge on any atom is 0.265 e. The monoisotopic (exact) mass is 751 g/mol. The molecule has 0 radical (unpaired) electrons. The molecule has 10 nitrogen and oxygen atoms in total. The molecule has 11 heteroatoms. The molecule has 0 unspecified atom stereocenters. The molecule has 1 heterocycles. The zero-order valence-electron chi connectivity index (χ0n) is 30.5. The Bertz CT molecular complexity index is 1970. The molecule has 0 bridgehead atoms. The zero-order valence-corrected chi connectivity index (χ0v) is 31.3. The number of carbonyl (C=O) groups excluding carboxylic acids is 1. The molecule has 54 heavy (non-hydrogen) atoms. The fourth-order valence-corrected chi connectivity index (χ4v) is 7.15. The van der Waals surface area contributed by atoms with Gasteiger partial charge in [-0.25, -0.2) is 0 Å². The minimum Gasteiger partial charge on any atom is -0.497 e. The number of rotatable bonds is 19. The molecule has 6 rings (SSSR count). The van der Waals surface area contributed by atoms with Crippen LogP contribution >= 0.6 is 0 Å². The topological polar surface area (TPSA) is 110 Å². The quantitative estimate of drug-likeness (QED) is 0.0670. The van der Waals surface area contributed by atoms with Crippen LogP contribution in [0.2, 0.25) is 0 Å². The molecule has 5 aromatic rings. The first-order valence-electron chi connectivity index (χ1n) is 17.6. The Balaban J connectivity index is 1.44. The molecule has 282 valence electrons. The highest BCUT2D eigenvalue weighted by Gasteiger charge is 2.58. The molecule has 4 atom stereocenters. The van der Waals surface area contributed by atoms with E-state index in [1.165, 1.54) is 0 Å². The van der Waals surface area contributed by atoms with Crippen LogP contribution in [0.5, 0.6) is 11.5 Å². The second-order valence-electron chi connectivity index (χ2n) is 13.0. The number of hydrogen-bond donors (Lipinski definition) is 0. The van der Waals surface area contributed by atoms with Gasteiger partial charge in [-0.3, -0.25) is 8.98 Å². The summed E-state index contributed by atoms with van der Waals surface area (Å²) in [6, 6.07) is 42.3. The van der Waals surface area contributed by atoms with E-state index in [4.69, 9.17) is 27.9 Å². The molecular formula is C43H45NO9S. The van der Waals surface area contributed by atoms with Gasteiger partial charge in [0.1, 0.15) is 23.7 Å². The van der Waals surface area contributed by atoms with Gasteiger partial charge in [0.2, 0.25) is 0 Å². The number of likely N-dealkylation sites (tertiary alicyclic amines) is 1. The van der Waals surface area contributed by atoms with Crippen LogP contribution in [0.15, 0.2) is 140 Å². The number of ether oxygens (including phenoxy) is 5. The summed E-state index contributed by atoms with van der Waals surface area (Å²) in [6.45, 7) is 0.731. The van der Waals surface area contributed by atoms with Gasteiger partial charge in [-0.15, -0.1) is 0 Å². The average Bonchev–Trinajstić information content (AvgIpc) is 3.20. The molecule has 5 aromatic carbocycles. The normalized spacial score (nSPS) is 16.8. The maximum absolute atomic E-state index is 14.4. The lowest BCUT2D eigenvalue weighted by atomic mass is 9.84. The highest BCUT2D eigenvalue weighted by Crippen LogP contribution is 2.42. The van der Waals surface area contributed by atoms with Crippen molar-refractivity contribution in [1.82, 2.24) is 4.90 Å². The van der Waals surface area contributed by atoms with Crippen LogP contribution in [0.4, 0.5) is 0 Å². The molecule has 0 N–H and O–H groups in total. The van der Waals surface area contributed by atoms with E-state index in [0.717, 1.165) is 34.1 Å². The summed E-state index contributed by atoms with van der Waals surface area (Å²) in [5.41, 5.74) is 4.31. The summed E-state index contributed by atoms with van der Waals surface area (Å²) in [5.74, 6) is 0.777. The summed E-state index contributed by atoms with van der Waals surface area (Å²) in [6.07, 6.45) is -2.16. The molecule has 1 aliphatic heterocycles. The second kappa shape index (κ2) is 18.3. The van der Waals surface area contributed by atoms with Gasteiger partial charge in [0.25, 0.3) is 16.0 Å². The van der Waals surface area contributed by atoms with E-state index in [-0.39, 0.29) is 19.8 Å². The van der Waals surface area contributed by atoms with Gasteiger partial charge in [-0.1, -0.05) is 115 Å². The highest BCUT2D eigenvalue weighted by atomic mass is 32.2. The van der Waals surface area contributed by atoms with Crippen molar-refractivity contribution in [3.8, 4) is 11.5 Å². The number of nitrogens with zero attached hydrogens (tertiary/aromatic N) is 1. The SMILES string of the molecule is COc1ccc(C(c2ccc(OC)cc2)N2C(=O)[C@H](OS(C)(=O)=O)[C@@H]2[C@H](OCc2ccccc2)[C@@H](COCc2ccccc2)OCc2ccccc2)cc1. The smallest absolute Gasteiger partial charge is 0.265 e. The molecule has 1 fully saturated rings. The van der Waals surface area contributed by atoms with Crippen molar-refractivity contribution < 1.29 is 41.1 Å². The summed E-state index contributed by atoms with van der Waals surface area (Å²) in [5, 5.41) is 0. The van der Waals surface area contributed by atoms with Crippen LogP contribution in [0.25, 0.3) is 0 Å². The van der Waals surface area contributed by atoms with Crippen LogP contribution in [0, 0.1) is 0 Å². The van der Waals surface area contributed by atoms with E-state index in [1.54, 1.807) is 19.1 Å². The van der Waals surface area contributed by atoms with Crippen molar-refractivity contribution in [1.29, 1.82) is 0 Å². The number of hydrogen-bond acceptors (Lipinski definition) is 9. The first-order valence-corrected chi connectivity index (χ1v) is 19.5. The standard InChI is InChI=1S/C43H45NO9S/c1-48-36-23-19-34(20-24-36)39(35-21-25-37(49-2)26-22-35)44-40(42(43(44)45)53-54(3,46)47)41(52-29-33-17-11-6-12-18-33)38(51-28-32-15-9-5-10-16-32)30-50-27-31-13-7-4-8-14-31/h4-26,38-42H,27-30H2,1-3H3/t38-,40+,41-,42-/m1/s1. The Labute approximate surface area is 317 Å². The molecule has 1 aliphatic rings. The Morgan fingerprint density at radius 2 is 1.06 bits per heavy atom. The number of β-lactam (4-membered cyclic amide) rings is 1. The summed E-state index contributed by atoms with van der Waals surface area (Å²) in [4.78, 5) is 16.1. The molecular weight excluding hydrogens is 707 g/mol. The van der Waals surface area contributed by atoms with Gasteiger partial charge in [0, 0.05) is 0 Å². The molecule has 0 aliphatic carbocycles. The Morgan fingerprint density at radius 1 is 0.611 bits per heavy atom. The minimum atomic E-state index is -4.09. The molecule has 1 amide bonds. The summed E-state index contributed by atoms with van der Waals surface area (Å²) < 4.78 is 61.8.